The van der Waals surface area contributed by atoms with Crippen LogP contribution in [0.2, 0.25) is 0 Å². The van der Waals surface area contributed by atoms with Gasteiger partial charge in [0.05, 0.1) is 41.6 Å². The van der Waals surface area contributed by atoms with Crippen LogP contribution in [0.15, 0.2) is 60.5 Å². The summed E-state index contributed by atoms with van der Waals surface area (Å²) in [5.74, 6) is -1.74. The van der Waals surface area contributed by atoms with Crippen LogP contribution in [-0.4, -0.2) is 68.3 Å². The Hall–Kier alpha value is -4.94. The Labute approximate surface area is 285 Å². The molecule has 9 nitrogen and oxygen atoms in total. The zero-order valence-corrected chi connectivity index (χ0v) is 27.8. The predicted octanol–water partition coefficient (Wildman–Crippen LogP) is 6.24. The summed E-state index contributed by atoms with van der Waals surface area (Å²) < 4.78 is 38.9. The number of aliphatic hydroxyl groups is 1. The van der Waals surface area contributed by atoms with Gasteiger partial charge < -0.3 is 19.6 Å². The third-order valence-electron chi connectivity index (χ3n) is 9.99. The molecule has 250 valence electrons. The van der Waals surface area contributed by atoms with Gasteiger partial charge in [-0.1, -0.05) is 18.7 Å². The number of aliphatic hydroxyl groups excluding tert-OH is 1. The zero-order chi connectivity index (χ0) is 34.2. The van der Waals surface area contributed by atoms with Crippen molar-refractivity contribution >= 4 is 33.2 Å². The van der Waals surface area contributed by atoms with E-state index < -0.39 is 17.0 Å². The predicted molar refractivity (Wildman–Crippen MR) is 182 cm³/mol. The van der Waals surface area contributed by atoms with Crippen molar-refractivity contribution in [3.63, 3.8) is 0 Å². The van der Waals surface area contributed by atoms with Crippen molar-refractivity contribution in [3.05, 3.63) is 89.0 Å². The first-order valence-corrected chi connectivity index (χ1v) is 17.1. The monoisotopic (exact) mass is 681 g/mol. The summed E-state index contributed by atoms with van der Waals surface area (Å²) in [6, 6.07) is 11.5. The Morgan fingerprint density at radius 1 is 1.14 bits per heavy atom. The minimum absolute atomic E-state index is 0.0140. The lowest BCUT2D eigenvalue weighted by atomic mass is 9.85. The average Bonchev–Trinajstić information content (AvgIpc) is 3.50. The number of pyridine rings is 1. The van der Waals surface area contributed by atoms with E-state index in [2.05, 4.69) is 12.6 Å². The van der Waals surface area contributed by atoms with Crippen molar-refractivity contribution in [1.82, 2.24) is 24.6 Å². The Kier molecular flexibility index (Phi) is 7.41. The van der Waals surface area contributed by atoms with Gasteiger partial charge in [0.15, 0.2) is 0 Å². The van der Waals surface area contributed by atoms with Crippen LogP contribution in [0.25, 0.3) is 43.9 Å². The van der Waals surface area contributed by atoms with Gasteiger partial charge in [-0.05, 0) is 60.5 Å². The van der Waals surface area contributed by atoms with Crippen molar-refractivity contribution in [2.24, 2.45) is 0 Å². The number of benzene rings is 2. The van der Waals surface area contributed by atoms with E-state index in [9.17, 15) is 19.1 Å². The van der Waals surface area contributed by atoms with Gasteiger partial charge in [0.2, 0.25) is 11.8 Å². The maximum absolute atomic E-state index is 16.1. The van der Waals surface area contributed by atoms with E-state index in [0.29, 0.717) is 47.0 Å². The Morgan fingerprint density at radius 3 is 2.71 bits per heavy atom. The highest BCUT2D eigenvalue weighted by Gasteiger charge is 2.55. The third kappa shape index (κ3) is 4.87. The van der Waals surface area contributed by atoms with Gasteiger partial charge in [0, 0.05) is 53.5 Å². The summed E-state index contributed by atoms with van der Waals surface area (Å²) in [6.45, 7) is 6.42. The molecule has 3 aliphatic rings. The van der Waals surface area contributed by atoms with E-state index in [1.807, 2.05) is 48.3 Å². The average molecular weight is 682 g/mol. The molecule has 1 spiro atoms. The molecule has 8 rings (SSSR count). The lowest BCUT2D eigenvalue weighted by molar-refractivity contribution is -0.134. The number of ether oxygens (including phenoxy) is 1. The quantitative estimate of drug-likeness (QED) is 0.204. The number of fused-ring (bicyclic) bond motifs is 4. The van der Waals surface area contributed by atoms with Gasteiger partial charge >= 0.3 is 0 Å². The molecule has 12 heteroatoms. The molecule has 0 bridgehead atoms. The molecule has 5 heterocycles. The molecule has 2 amide bonds. The maximum atomic E-state index is 16.1. The molecule has 0 unspecified atom stereocenters. The number of likely N-dealkylation sites (N-methyl/N-ethyl adjacent to an activating group) is 1. The summed E-state index contributed by atoms with van der Waals surface area (Å²) in [5, 5.41) is 17.1. The third-order valence-corrected chi connectivity index (χ3v) is 10.9. The highest BCUT2D eigenvalue weighted by molar-refractivity contribution is 7.18. The standard InChI is InChI=1S/C37H33F2N5O4S/c1-4-30(46)43-10-11-44-28(20(43)2)18-27(41-44)34-32(31-26(39)16-23(38)17-29(31)48-13-12-45)35-24(7-14-49-35)33(40-34)21-5-6-25-22(15-21)19-42(3)36(47)37(25)8-9-37/h4-7,14-18,20,45H,1,8-13,19H2,2-3H3/t20-/m1/s1. The number of thiophene rings is 1. The molecule has 5 aromatic rings. The van der Waals surface area contributed by atoms with Crippen LogP contribution < -0.4 is 4.74 Å². The molecule has 2 aliphatic heterocycles. The van der Waals surface area contributed by atoms with Crippen LogP contribution in [0.4, 0.5) is 8.78 Å². The number of aromatic nitrogens is 3. The molecule has 3 aromatic heterocycles. The smallest absolute Gasteiger partial charge is 0.246 e. The van der Waals surface area contributed by atoms with Crippen LogP contribution >= 0.6 is 11.3 Å². The SMILES string of the molecule is C=CC(=O)N1CCn2nc(-c3nc(-c4ccc5c(c4)CN(C)C(=O)C54CC4)c4ccsc4c3-c3c(F)cc(F)cc3OCCO)cc2[C@H]1C. The highest BCUT2D eigenvalue weighted by Crippen LogP contribution is 2.54. The number of hydrogen-bond acceptors (Lipinski definition) is 7. The van der Waals surface area contributed by atoms with E-state index >= 15 is 4.39 Å². The van der Waals surface area contributed by atoms with E-state index in [4.69, 9.17) is 14.8 Å². The molecular formula is C37H33F2N5O4S. The topological polar surface area (TPSA) is 101 Å². The molecule has 0 radical (unpaired) electrons. The summed E-state index contributed by atoms with van der Waals surface area (Å²) in [6.07, 6.45) is 2.96. The van der Waals surface area contributed by atoms with Gasteiger partial charge in [-0.2, -0.15) is 5.10 Å². The highest BCUT2D eigenvalue weighted by atomic mass is 32.1. The van der Waals surface area contributed by atoms with Crippen molar-refractivity contribution in [2.75, 3.05) is 26.8 Å². The van der Waals surface area contributed by atoms with Crippen molar-refractivity contribution < 1.29 is 28.2 Å². The number of carbonyl (C=O) groups is 2. The lowest BCUT2D eigenvalue weighted by Gasteiger charge is -2.33. The van der Waals surface area contributed by atoms with Crippen LogP contribution in [-0.2, 0) is 28.1 Å². The Balaban J connectivity index is 1.37. The minimum Gasteiger partial charge on any atom is -0.490 e. The van der Waals surface area contributed by atoms with Crippen LogP contribution in [0.1, 0.15) is 42.6 Å². The van der Waals surface area contributed by atoms with Gasteiger partial charge in [0.1, 0.15) is 35.4 Å². The number of rotatable bonds is 7. The number of nitrogens with zero attached hydrogens (tertiary/aromatic N) is 5. The van der Waals surface area contributed by atoms with Crippen molar-refractivity contribution in [2.45, 2.75) is 44.3 Å². The van der Waals surface area contributed by atoms with E-state index in [1.165, 1.54) is 17.4 Å². The first kappa shape index (κ1) is 31.3. The second kappa shape index (κ2) is 11.6. The fraction of sp³-hybridized carbons (Fsp3) is 0.297. The van der Waals surface area contributed by atoms with Gasteiger partial charge in [-0.25, -0.2) is 13.8 Å². The number of amides is 2. The van der Waals surface area contributed by atoms with E-state index in [-0.39, 0.29) is 42.4 Å². The second-order valence-corrected chi connectivity index (χ2v) is 13.8. The van der Waals surface area contributed by atoms with Crippen LogP contribution in [0.3, 0.4) is 0 Å². The van der Waals surface area contributed by atoms with Crippen molar-refractivity contribution in [3.8, 4) is 39.5 Å². The van der Waals surface area contributed by atoms with E-state index in [0.717, 1.165) is 52.7 Å². The molecule has 1 N–H and O–H groups in total. The maximum Gasteiger partial charge on any atom is 0.246 e. The first-order chi connectivity index (χ1) is 23.6. The molecule has 2 aromatic carbocycles. The lowest BCUT2D eigenvalue weighted by Crippen LogP contribution is -2.41. The largest absolute Gasteiger partial charge is 0.490 e. The fourth-order valence-corrected chi connectivity index (χ4v) is 8.46. The molecule has 1 saturated carbocycles. The number of hydrogen-bond donors (Lipinski definition) is 1. The summed E-state index contributed by atoms with van der Waals surface area (Å²) in [7, 11) is 1.83. The number of halogens is 2. The van der Waals surface area contributed by atoms with Gasteiger partial charge in [-0.15, -0.1) is 11.3 Å². The number of carbonyl (C=O) groups excluding carboxylic acids is 2. The molecule has 1 atom stereocenters. The van der Waals surface area contributed by atoms with Crippen LogP contribution in [0, 0.1) is 11.6 Å². The van der Waals surface area contributed by atoms with Gasteiger partial charge in [0.25, 0.3) is 0 Å². The molecule has 49 heavy (non-hydrogen) atoms. The van der Waals surface area contributed by atoms with Gasteiger partial charge in [-0.3, -0.25) is 14.3 Å². The Morgan fingerprint density at radius 2 is 1.96 bits per heavy atom. The summed E-state index contributed by atoms with van der Waals surface area (Å²) in [4.78, 5) is 34.4. The summed E-state index contributed by atoms with van der Waals surface area (Å²) >= 11 is 1.40. The fourth-order valence-electron chi connectivity index (χ4n) is 7.52. The Bertz CT molecular complexity index is 2210. The first-order valence-electron chi connectivity index (χ1n) is 16.2. The van der Waals surface area contributed by atoms with Crippen molar-refractivity contribution in [1.29, 1.82) is 0 Å². The van der Waals surface area contributed by atoms with Crippen LogP contribution in [0.5, 0.6) is 5.75 Å². The zero-order valence-electron chi connectivity index (χ0n) is 27.0. The second-order valence-electron chi connectivity index (χ2n) is 12.9. The molecule has 1 aliphatic carbocycles. The minimum atomic E-state index is -0.838. The normalized spacial score (nSPS) is 17.7. The molecular weight excluding hydrogens is 649 g/mol. The van der Waals surface area contributed by atoms with E-state index in [1.54, 1.807) is 9.80 Å². The molecule has 0 saturated heterocycles. The molecule has 1 fully saturated rings. The summed E-state index contributed by atoms with van der Waals surface area (Å²) in [5.41, 5.74) is 5.18.